The Bertz CT molecular complexity index is 325. The zero-order valence-corrected chi connectivity index (χ0v) is 8.32. The van der Waals surface area contributed by atoms with E-state index in [1.54, 1.807) is 0 Å². The van der Waals surface area contributed by atoms with E-state index >= 15 is 0 Å². The van der Waals surface area contributed by atoms with Crippen molar-refractivity contribution >= 4 is 0 Å². The molecule has 1 unspecified atom stereocenters. The van der Waals surface area contributed by atoms with Gasteiger partial charge in [0.1, 0.15) is 0 Å². The monoisotopic (exact) mass is 193 g/mol. The van der Waals surface area contributed by atoms with Gasteiger partial charge in [-0.15, -0.1) is 0 Å². The zero-order chi connectivity index (χ0) is 9.97. The summed E-state index contributed by atoms with van der Waals surface area (Å²) in [7, 11) is 0. The number of fused-ring (bicyclic) bond motifs is 1. The lowest BCUT2D eigenvalue weighted by Gasteiger charge is -2.11. The molecule has 2 N–H and O–H groups in total. The molecule has 0 spiro atoms. The lowest BCUT2D eigenvalue weighted by Crippen LogP contribution is -2.24. The zero-order valence-electron chi connectivity index (χ0n) is 8.32. The summed E-state index contributed by atoms with van der Waals surface area (Å²) in [5, 5.41) is 0. The molecule has 2 rings (SSSR count). The third-order valence-corrected chi connectivity index (χ3v) is 2.40. The van der Waals surface area contributed by atoms with Crippen molar-refractivity contribution in [3.63, 3.8) is 0 Å². The van der Waals surface area contributed by atoms with Crippen LogP contribution in [0, 0.1) is 6.92 Å². The molecule has 1 aromatic carbocycles. The Morgan fingerprint density at radius 1 is 1.29 bits per heavy atom. The Labute approximate surface area is 83.8 Å². The highest BCUT2D eigenvalue weighted by Crippen LogP contribution is 2.19. The van der Waals surface area contributed by atoms with Crippen molar-refractivity contribution in [2.24, 2.45) is 5.73 Å². The molecule has 0 saturated heterocycles. The normalized spacial score (nSPS) is 21.4. The van der Waals surface area contributed by atoms with Gasteiger partial charge in [-0.3, -0.25) is 0 Å². The molecule has 0 amide bonds. The summed E-state index contributed by atoms with van der Waals surface area (Å²) in [5.41, 5.74) is 9.15. The molecule has 1 atom stereocenters. The van der Waals surface area contributed by atoms with Gasteiger partial charge in [-0.1, -0.05) is 23.8 Å². The number of benzene rings is 1. The maximum absolute atomic E-state index is 5.49. The first kappa shape index (κ1) is 9.65. The Kier molecular flexibility index (Phi) is 2.82. The Morgan fingerprint density at radius 2 is 2.00 bits per heavy atom. The van der Waals surface area contributed by atoms with Crippen LogP contribution in [-0.4, -0.2) is 12.8 Å². The molecular weight excluding hydrogens is 178 g/mol. The first-order valence-corrected chi connectivity index (χ1v) is 4.81. The molecule has 0 aliphatic carbocycles. The third-order valence-electron chi connectivity index (χ3n) is 2.40. The van der Waals surface area contributed by atoms with Crippen molar-refractivity contribution in [2.75, 3.05) is 6.54 Å². The lowest BCUT2D eigenvalue weighted by molar-refractivity contribution is -0.141. The predicted molar refractivity (Wildman–Crippen MR) is 53.6 cm³/mol. The molecule has 0 saturated carbocycles. The van der Waals surface area contributed by atoms with E-state index in [9.17, 15) is 0 Å². The van der Waals surface area contributed by atoms with Gasteiger partial charge in [-0.2, -0.15) is 0 Å². The average Bonchev–Trinajstić information content (AvgIpc) is 2.39. The fraction of sp³-hybridized carbons (Fsp3) is 0.455. The molecule has 3 nitrogen and oxygen atoms in total. The van der Waals surface area contributed by atoms with Crippen LogP contribution in [0.5, 0.6) is 0 Å². The number of ether oxygens (including phenoxy) is 2. The van der Waals surface area contributed by atoms with Gasteiger partial charge in [0, 0.05) is 6.54 Å². The molecule has 76 valence electrons. The van der Waals surface area contributed by atoms with Gasteiger partial charge in [0.15, 0.2) is 6.29 Å². The topological polar surface area (TPSA) is 44.5 Å². The van der Waals surface area contributed by atoms with Crippen molar-refractivity contribution in [3.05, 3.63) is 34.9 Å². The van der Waals surface area contributed by atoms with E-state index in [2.05, 4.69) is 25.1 Å². The number of hydrogen-bond acceptors (Lipinski definition) is 3. The number of rotatable bonds is 1. The third kappa shape index (κ3) is 1.95. The summed E-state index contributed by atoms with van der Waals surface area (Å²) in [5.74, 6) is 0. The van der Waals surface area contributed by atoms with Crippen molar-refractivity contribution < 1.29 is 9.47 Å². The standard InChI is InChI=1S/C11H15NO2/c1-8-2-3-9-6-13-11(5-12)14-7-10(9)4-8/h2-4,11H,5-7,12H2,1H3. The van der Waals surface area contributed by atoms with Gasteiger partial charge in [-0.25, -0.2) is 0 Å². The molecule has 1 aromatic rings. The van der Waals surface area contributed by atoms with Crippen LogP contribution >= 0.6 is 0 Å². The second kappa shape index (κ2) is 4.09. The van der Waals surface area contributed by atoms with Crippen LogP contribution < -0.4 is 5.73 Å². The molecule has 1 aliphatic heterocycles. The number of aryl methyl sites for hydroxylation is 1. The molecule has 0 fully saturated rings. The van der Waals surface area contributed by atoms with E-state index in [-0.39, 0.29) is 6.29 Å². The second-order valence-corrected chi connectivity index (χ2v) is 3.56. The Morgan fingerprint density at radius 3 is 2.71 bits per heavy atom. The first-order chi connectivity index (χ1) is 6.79. The van der Waals surface area contributed by atoms with Crippen LogP contribution in [0.4, 0.5) is 0 Å². The van der Waals surface area contributed by atoms with Gasteiger partial charge >= 0.3 is 0 Å². The van der Waals surface area contributed by atoms with Crippen molar-refractivity contribution in [3.8, 4) is 0 Å². The van der Waals surface area contributed by atoms with Crippen LogP contribution in [0.25, 0.3) is 0 Å². The minimum atomic E-state index is -0.261. The highest BCUT2D eigenvalue weighted by atomic mass is 16.7. The number of hydrogen-bond donors (Lipinski definition) is 1. The first-order valence-electron chi connectivity index (χ1n) is 4.81. The summed E-state index contributed by atoms with van der Waals surface area (Å²) in [6.45, 7) is 3.68. The molecule has 14 heavy (non-hydrogen) atoms. The van der Waals surface area contributed by atoms with Gasteiger partial charge in [0.05, 0.1) is 13.2 Å². The average molecular weight is 193 g/mol. The number of nitrogens with two attached hydrogens (primary N) is 1. The van der Waals surface area contributed by atoms with Crippen molar-refractivity contribution in [2.45, 2.75) is 26.4 Å². The highest BCUT2D eigenvalue weighted by Gasteiger charge is 2.15. The van der Waals surface area contributed by atoms with Gasteiger partial charge in [0.25, 0.3) is 0 Å². The van der Waals surface area contributed by atoms with Crippen LogP contribution in [-0.2, 0) is 22.7 Å². The van der Waals surface area contributed by atoms with Crippen LogP contribution in [0.1, 0.15) is 16.7 Å². The minimum Gasteiger partial charge on any atom is -0.347 e. The molecular formula is C11H15NO2. The van der Waals surface area contributed by atoms with Crippen LogP contribution in [0.15, 0.2) is 18.2 Å². The Balaban J connectivity index is 2.21. The van der Waals surface area contributed by atoms with Crippen molar-refractivity contribution in [1.82, 2.24) is 0 Å². The van der Waals surface area contributed by atoms with Crippen LogP contribution in [0.3, 0.4) is 0 Å². The van der Waals surface area contributed by atoms with Crippen LogP contribution in [0.2, 0.25) is 0 Å². The largest absolute Gasteiger partial charge is 0.347 e. The van der Waals surface area contributed by atoms with E-state index in [0.29, 0.717) is 19.8 Å². The second-order valence-electron chi connectivity index (χ2n) is 3.56. The Hall–Kier alpha value is -0.900. The summed E-state index contributed by atoms with van der Waals surface area (Å²) in [4.78, 5) is 0. The van der Waals surface area contributed by atoms with E-state index in [0.717, 1.165) is 0 Å². The molecule has 0 aromatic heterocycles. The fourth-order valence-corrected chi connectivity index (χ4v) is 1.58. The van der Waals surface area contributed by atoms with E-state index < -0.39 is 0 Å². The summed E-state index contributed by atoms with van der Waals surface area (Å²) >= 11 is 0. The van der Waals surface area contributed by atoms with Gasteiger partial charge in [-0.05, 0) is 18.1 Å². The summed E-state index contributed by atoms with van der Waals surface area (Å²) in [6, 6.07) is 6.31. The van der Waals surface area contributed by atoms with E-state index in [1.807, 2.05) is 0 Å². The molecule has 0 radical (unpaired) electrons. The van der Waals surface area contributed by atoms with E-state index in [1.165, 1.54) is 16.7 Å². The minimum absolute atomic E-state index is 0.261. The molecule has 0 bridgehead atoms. The SMILES string of the molecule is Cc1ccc2c(c1)COC(CN)OC2. The lowest BCUT2D eigenvalue weighted by atomic mass is 10.1. The van der Waals surface area contributed by atoms with Crippen molar-refractivity contribution in [1.29, 1.82) is 0 Å². The molecule has 1 aliphatic rings. The summed E-state index contributed by atoms with van der Waals surface area (Å²) < 4.78 is 11.0. The van der Waals surface area contributed by atoms with E-state index in [4.69, 9.17) is 15.2 Å². The fourth-order valence-electron chi connectivity index (χ4n) is 1.58. The maximum atomic E-state index is 5.49. The van der Waals surface area contributed by atoms with Gasteiger partial charge in [0.2, 0.25) is 0 Å². The summed E-state index contributed by atoms with van der Waals surface area (Å²) in [6.07, 6.45) is -0.261. The molecule has 1 heterocycles. The maximum Gasteiger partial charge on any atom is 0.170 e. The molecule has 3 heteroatoms. The predicted octanol–water partition coefficient (Wildman–Crippen LogP) is 1.33. The quantitative estimate of drug-likeness (QED) is 0.731. The highest BCUT2D eigenvalue weighted by molar-refractivity contribution is 5.30. The smallest absolute Gasteiger partial charge is 0.170 e. The van der Waals surface area contributed by atoms with Gasteiger partial charge < -0.3 is 15.2 Å².